The van der Waals surface area contributed by atoms with Gasteiger partial charge in [0.05, 0.1) is 12.5 Å². The van der Waals surface area contributed by atoms with Crippen molar-refractivity contribution in [1.29, 1.82) is 5.41 Å². The van der Waals surface area contributed by atoms with Crippen molar-refractivity contribution in [2.75, 3.05) is 13.7 Å². The predicted molar refractivity (Wildman–Crippen MR) is 101 cm³/mol. The average Bonchev–Trinajstić information content (AvgIpc) is 2.58. The summed E-state index contributed by atoms with van der Waals surface area (Å²) in [5, 5.41) is 7.58. The van der Waals surface area contributed by atoms with Gasteiger partial charge in [0, 0.05) is 23.4 Å². The second-order valence-corrected chi connectivity index (χ2v) is 6.94. The molecule has 0 saturated carbocycles. The van der Waals surface area contributed by atoms with Gasteiger partial charge >= 0.3 is 5.97 Å². The predicted octanol–water partition coefficient (Wildman–Crippen LogP) is 3.23. The van der Waals surface area contributed by atoms with Gasteiger partial charge in [-0.05, 0) is 44.4 Å². The van der Waals surface area contributed by atoms with Crippen LogP contribution in [0.5, 0.6) is 5.88 Å². The number of amidine groups is 1. The molecule has 3 N–H and O–H groups in total. The van der Waals surface area contributed by atoms with E-state index in [1.54, 1.807) is 20.0 Å². The number of benzene rings is 1. The van der Waals surface area contributed by atoms with Gasteiger partial charge in [0.25, 0.3) is 0 Å². The Hall–Kier alpha value is -2.89. The van der Waals surface area contributed by atoms with Crippen molar-refractivity contribution >= 4 is 11.8 Å². The molecule has 0 saturated heterocycles. The average molecular weight is 355 g/mol. The van der Waals surface area contributed by atoms with Crippen molar-refractivity contribution < 1.29 is 14.3 Å². The van der Waals surface area contributed by atoms with Crippen LogP contribution in [-0.4, -0.2) is 30.5 Å². The van der Waals surface area contributed by atoms with Crippen LogP contribution in [-0.2, 0) is 9.53 Å². The normalized spacial score (nSPS) is 11.1. The molecule has 1 heterocycles. The highest BCUT2D eigenvalue weighted by Crippen LogP contribution is 2.27. The van der Waals surface area contributed by atoms with Crippen LogP contribution in [0.25, 0.3) is 11.1 Å². The first kappa shape index (κ1) is 19.4. The number of methoxy groups -OCH3 is 1. The summed E-state index contributed by atoms with van der Waals surface area (Å²) in [6.07, 6.45) is 1.75. The minimum absolute atomic E-state index is 0.0564. The molecule has 2 rings (SSSR count). The molecule has 6 nitrogen and oxygen atoms in total. The molecule has 0 fully saturated rings. The van der Waals surface area contributed by atoms with Crippen molar-refractivity contribution in [3.05, 3.63) is 47.2 Å². The fourth-order valence-corrected chi connectivity index (χ4v) is 2.63. The number of nitrogens with zero attached hydrogens (tertiary/aromatic N) is 1. The van der Waals surface area contributed by atoms with E-state index in [1.165, 1.54) is 7.11 Å². The molecule has 1 aromatic carbocycles. The zero-order valence-corrected chi connectivity index (χ0v) is 15.8. The van der Waals surface area contributed by atoms with Crippen molar-refractivity contribution in [2.24, 2.45) is 11.1 Å². The summed E-state index contributed by atoms with van der Waals surface area (Å²) in [6.45, 7) is 7.61. The minimum atomic E-state index is -0.747. The number of esters is 1. The number of nitrogen functional groups attached to an aromatic ring is 1. The van der Waals surface area contributed by atoms with E-state index >= 15 is 0 Å². The number of ether oxygens (including phenoxy) is 2. The van der Waals surface area contributed by atoms with Crippen LogP contribution in [0.4, 0.5) is 0 Å². The Kier molecular flexibility index (Phi) is 5.65. The van der Waals surface area contributed by atoms with Crippen LogP contribution in [0, 0.1) is 24.7 Å². The summed E-state index contributed by atoms with van der Waals surface area (Å²) in [5.41, 5.74) is 9.47. The molecule has 0 atom stereocenters. The highest BCUT2D eigenvalue weighted by atomic mass is 16.5. The molecule has 2 aromatic rings. The summed E-state index contributed by atoms with van der Waals surface area (Å²) in [6, 6.07) is 7.60. The van der Waals surface area contributed by atoms with Crippen molar-refractivity contribution in [3.63, 3.8) is 0 Å². The lowest BCUT2D eigenvalue weighted by atomic mass is 9.95. The lowest BCUT2D eigenvalue weighted by Gasteiger charge is -2.21. The second kappa shape index (κ2) is 7.56. The van der Waals surface area contributed by atoms with E-state index in [-0.39, 0.29) is 18.4 Å². The third-order valence-electron chi connectivity index (χ3n) is 4.23. The van der Waals surface area contributed by atoms with E-state index in [4.69, 9.17) is 20.6 Å². The third-order valence-corrected chi connectivity index (χ3v) is 4.23. The zero-order chi connectivity index (χ0) is 19.5. The minimum Gasteiger partial charge on any atom is -0.476 e. The molecule has 0 radical (unpaired) electrons. The van der Waals surface area contributed by atoms with Crippen LogP contribution in [0.1, 0.15) is 30.5 Å². The van der Waals surface area contributed by atoms with E-state index in [0.717, 1.165) is 27.8 Å². The van der Waals surface area contributed by atoms with Gasteiger partial charge in [-0.1, -0.05) is 18.2 Å². The molecule has 1 aromatic heterocycles. The number of aryl methyl sites for hydroxylation is 2. The maximum Gasteiger partial charge on any atom is 0.314 e. The Bertz CT molecular complexity index is 844. The summed E-state index contributed by atoms with van der Waals surface area (Å²) < 4.78 is 10.5. The van der Waals surface area contributed by atoms with Crippen LogP contribution in [0.15, 0.2) is 30.5 Å². The van der Waals surface area contributed by atoms with Gasteiger partial charge < -0.3 is 15.2 Å². The lowest BCUT2D eigenvalue weighted by Crippen LogP contribution is -2.32. The van der Waals surface area contributed by atoms with Crippen LogP contribution in [0.2, 0.25) is 0 Å². The Balaban J connectivity index is 2.21. The second-order valence-electron chi connectivity index (χ2n) is 6.94. The van der Waals surface area contributed by atoms with Gasteiger partial charge in [0.1, 0.15) is 12.4 Å². The number of aromatic nitrogens is 1. The maximum atomic E-state index is 11.7. The highest BCUT2D eigenvalue weighted by molar-refractivity contribution is 5.96. The molecule has 0 aliphatic heterocycles. The molecule has 0 bridgehead atoms. The smallest absolute Gasteiger partial charge is 0.314 e. The number of nitrogens with one attached hydrogen (secondary N) is 1. The van der Waals surface area contributed by atoms with Gasteiger partial charge in [-0.2, -0.15) is 0 Å². The molecule has 138 valence electrons. The standard InChI is InChI=1S/C20H25N3O3/c1-12-8-14(6-7-15(12)18(21)22)16-10-23-17(9-13(16)2)26-11-20(3,4)19(24)25-5/h6-10H,11H2,1-5H3,(H3,21,22). The van der Waals surface area contributed by atoms with Crippen molar-refractivity contribution in [3.8, 4) is 17.0 Å². The lowest BCUT2D eigenvalue weighted by molar-refractivity contribution is -0.152. The fourth-order valence-electron chi connectivity index (χ4n) is 2.63. The van der Waals surface area contributed by atoms with E-state index < -0.39 is 5.41 Å². The number of carbonyl (C=O) groups is 1. The molecule has 26 heavy (non-hydrogen) atoms. The topological polar surface area (TPSA) is 98.3 Å². The summed E-state index contributed by atoms with van der Waals surface area (Å²) in [5.74, 6) is 0.188. The molecule has 0 aliphatic rings. The Morgan fingerprint density at radius 3 is 2.46 bits per heavy atom. The number of pyridine rings is 1. The van der Waals surface area contributed by atoms with Gasteiger partial charge in [-0.3, -0.25) is 10.2 Å². The summed E-state index contributed by atoms with van der Waals surface area (Å²) in [7, 11) is 1.36. The van der Waals surface area contributed by atoms with Crippen LogP contribution < -0.4 is 10.5 Å². The van der Waals surface area contributed by atoms with Crippen LogP contribution >= 0.6 is 0 Å². The van der Waals surface area contributed by atoms with E-state index in [1.807, 2.05) is 38.1 Å². The first-order valence-electron chi connectivity index (χ1n) is 8.29. The molecular weight excluding hydrogens is 330 g/mol. The highest BCUT2D eigenvalue weighted by Gasteiger charge is 2.30. The number of rotatable bonds is 6. The monoisotopic (exact) mass is 355 g/mol. The zero-order valence-electron chi connectivity index (χ0n) is 15.8. The van der Waals surface area contributed by atoms with Gasteiger partial charge in [-0.25, -0.2) is 4.98 Å². The van der Waals surface area contributed by atoms with Crippen molar-refractivity contribution in [1.82, 2.24) is 4.98 Å². The van der Waals surface area contributed by atoms with Gasteiger partial charge in [0.15, 0.2) is 0 Å². The number of hydrogen-bond donors (Lipinski definition) is 2. The first-order chi connectivity index (χ1) is 12.2. The molecule has 6 heteroatoms. The molecule has 0 unspecified atom stereocenters. The Morgan fingerprint density at radius 2 is 1.92 bits per heavy atom. The Morgan fingerprint density at radius 1 is 1.23 bits per heavy atom. The van der Waals surface area contributed by atoms with E-state index in [2.05, 4.69) is 4.98 Å². The molecule has 0 aliphatic carbocycles. The number of hydrogen-bond acceptors (Lipinski definition) is 5. The van der Waals surface area contributed by atoms with Gasteiger partial charge in [0.2, 0.25) is 5.88 Å². The molecule has 0 spiro atoms. The summed E-state index contributed by atoms with van der Waals surface area (Å²) >= 11 is 0. The largest absolute Gasteiger partial charge is 0.476 e. The summed E-state index contributed by atoms with van der Waals surface area (Å²) in [4.78, 5) is 16.1. The molecule has 0 amide bonds. The van der Waals surface area contributed by atoms with Crippen LogP contribution in [0.3, 0.4) is 0 Å². The third kappa shape index (κ3) is 4.20. The maximum absolute atomic E-state index is 11.7. The van der Waals surface area contributed by atoms with E-state index in [0.29, 0.717) is 5.88 Å². The van der Waals surface area contributed by atoms with Gasteiger partial charge in [-0.15, -0.1) is 0 Å². The quantitative estimate of drug-likeness (QED) is 0.471. The SMILES string of the molecule is COC(=O)C(C)(C)COc1cc(C)c(-c2ccc(C(=N)N)c(C)c2)cn1. The number of carbonyl (C=O) groups excluding carboxylic acids is 1. The first-order valence-corrected chi connectivity index (χ1v) is 8.29. The van der Waals surface area contributed by atoms with E-state index in [9.17, 15) is 4.79 Å². The fraction of sp³-hybridized carbons (Fsp3) is 0.350. The molecular formula is C20H25N3O3. The number of nitrogens with two attached hydrogens (primary N) is 1. The Labute approximate surface area is 153 Å². The van der Waals surface area contributed by atoms with Crippen molar-refractivity contribution in [2.45, 2.75) is 27.7 Å².